The first kappa shape index (κ1) is 16.9. The highest BCUT2D eigenvalue weighted by atomic mass is 19.1. The number of carbonyl (C=O) groups excluding carboxylic acids is 1. The molecule has 0 bridgehead atoms. The Hall–Kier alpha value is -2.93. The molecule has 0 aliphatic heterocycles. The van der Waals surface area contributed by atoms with E-state index >= 15 is 0 Å². The SMILES string of the molecule is COc1ccc(F)c2[nH]c(C(=O)Nc3cncc(CN(C)C)c3)cc12. The van der Waals surface area contributed by atoms with Crippen LogP contribution in [0.5, 0.6) is 5.75 Å². The Morgan fingerprint density at radius 3 is 2.84 bits per heavy atom. The van der Waals surface area contributed by atoms with Crippen molar-refractivity contribution in [2.45, 2.75) is 6.54 Å². The van der Waals surface area contributed by atoms with Gasteiger partial charge in [-0.25, -0.2) is 4.39 Å². The first-order valence-electron chi connectivity index (χ1n) is 7.73. The van der Waals surface area contributed by atoms with Crippen LogP contribution in [-0.4, -0.2) is 42.0 Å². The molecular weight excluding hydrogens is 323 g/mol. The van der Waals surface area contributed by atoms with E-state index in [-0.39, 0.29) is 17.1 Å². The molecule has 3 rings (SSSR count). The average Bonchev–Trinajstić information content (AvgIpc) is 3.01. The largest absolute Gasteiger partial charge is 0.496 e. The van der Waals surface area contributed by atoms with E-state index in [2.05, 4.69) is 15.3 Å². The van der Waals surface area contributed by atoms with E-state index in [9.17, 15) is 9.18 Å². The lowest BCUT2D eigenvalue weighted by Crippen LogP contribution is -2.14. The molecule has 0 saturated carbocycles. The number of halogens is 1. The summed E-state index contributed by atoms with van der Waals surface area (Å²) in [6.45, 7) is 0.714. The predicted octanol–water partition coefficient (Wildman–Crippen LogP) is 3.02. The van der Waals surface area contributed by atoms with Gasteiger partial charge >= 0.3 is 0 Å². The van der Waals surface area contributed by atoms with E-state index in [1.807, 2.05) is 25.1 Å². The van der Waals surface area contributed by atoms with Gasteiger partial charge in [0.05, 0.1) is 24.5 Å². The maximum absolute atomic E-state index is 13.9. The Bertz CT molecular complexity index is 921. The minimum Gasteiger partial charge on any atom is -0.496 e. The molecule has 0 unspecified atom stereocenters. The Morgan fingerprint density at radius 1 is 1.32 bits per heavy atom. The van der Waals surface area contributed by atoms with E-state index in [1.165, 1.54) is 19.2 Å². The lowest BCUT2D eigenvalue weighted by molar-refractivity contribution is 0.102. The number of carbonyl (C=O) groups is 1. The summed E-state index contributed by atoms with van der Waals surface area (Å²) in [4.78, 5) is 21.4. The number of anilines is 1. The molecule has 0 atom stereocenters. The number of hydrogen-bond donors (Lipinski definition) is 2. The maximum Gasteiger partial charge on any atom is 0.272 e. The molecule has 7 heteroatoms. The van der Waals surface area contributed by atoms with Crippen LogP contribution >= 0.6 is 0 Å². The molecule has 2 heterocycles. The van der Waals surface area contributed by atoms with Gasteiger partial charge in [-0.15, -0.1) is 0 Å². The zero-order valence-corrected chi connectivity index (χ0v) is 14.3. The molecule has 1 aromatic carbocycles. The smallest absolute Gasteiger partial charge is 0.272 e. The summed E-state index contributed by atoms with van der Waals surface area (Å²) in [5.41, 5.74) is 2.04. The van der Waals surface area contributed by atoms with E-state index in [0.29, 0.717) is 23.4 Å². The van der Waals surface area contributed by atoms with Crippen LogP contribution in [0.4, 0.5) is 10.1 Å². The molecule has 0 spiro atoms. The summed E-state index contributed by atoms with van der Waals surface area (Å²) in [5.74, 6) is -0.313. The summed E-state index contributed by atoms with van der Waals surface area (Å²) >= 11 is 0. The first-order valence-corrected chi connectivity index (χ1v) is 7.73. The summed E-state index contributed by atoms with van der Waals surface area (Å²) in [6, 6.07) is 6.26. The van der Waals surface area contributed by atoms with Gasteiger partial charge in [-0.05, 0) is 43.9 Å². The van der Waals surface area contributed by atoms with Crippen molar-refractivity contribution in [2.75, 3.05) is 26.5 Å². The van der Waals surface area contributed by atoms with E-state index in [0.717, 1.165) is 5.56 Å². The minimum atomic E-state index is -0.440. The highest BCUT2D eigenvalue weighted by Gasteiger charge is 2.15. The normalized spacial score (nSPS) is 11.1. The van der Waals surface area contributed by atoms with Crippen LogP contribution in [0.3, 0.4) is 0 Å². The van der Waals surface area contributed by atoms with Gasteiger partial charge in [0, 0.05) is 18.1 Å². The number of methoxy groups -OCH3 is 1. The van der Waals surface area contributed by atoms with Gasteiger partial charge in [-0.1, -0.05) is 0 Å². The molecule has 130 valence electrons. The van der Waals surface area contributed by atoms with Gasteiger partial charge in [-0.3, -0.25) is 9.78 Å². The first-order chi connectivity index (χ1) is 12.0. The Kier molecular flexibility index (Phi) is 4.67. The van der Waals surface area contributed by atoms with Crippen molar-refractivity contribution < 1.29 is 13.9 Å². The summed E-state index contributed by atoms with van der Waals surface area (Å²) in [6.07, 6.45) is 3.32. The molecule has 1 amide bonds. The number of pyridine rings is 1. The molecule has 0 saturated heterocycles. The molecule has 6 nitrogen and oxygen atoms in total. The molecule has 0 radical (unpaired) electrons. The van der Waals surface area contributed by atoms with E-state index in [4.69, 9.17) is 4.74 Å². The third-order valence-corrected chi connectivity index (χ3v) is 3.72. The number of rotatable bonds is 5. The fraction of sp³-hybridized carbons (Fsp3) is 0.222. The van der Waals surface area contributed by atoms with Crippen LogP contribution in [0.2, 0.25) is 0 Å². The summed E-state index contributed by atoms with van der Waals surface area (Å²) in [7, 11) is 5.41. The molecule has 0 fully saturated rings. The van der Waals surface area contributed by atoms with Crippen molar-refractivity contribution in [1.29, 1.82) is 0 Å². The summed E-state index contributed by atoms with van der Waals surface area (Å²) in [5, 5.41) is 3.30. The fourth-order valence-corrected chi connectivity index (χ4v) is 2.67. The molecule has 0 aliphatic carbocycles. The van der Waals surface area contributed by atoms with Gasteiger partial charge in [-0.2, -0.15) is 0 Å². The number of aromatic nitrogens is 2. The Labute approximate surface area is 144 Å². The Morgan fingerprint density at radius 2 is 2.12 bits per heavy atom. The van der Waals surface area contributed by atoms with Crippen molar-refractivity contribution in [3.8, 4) is 5.75 Å². The van der Waals surface area contributed by atoms with Crippen LogP contribution in [0.1, 0.15) is 16.1 Å². The minimum absolute atomic E-state index is 0.240. The molecule has 25 heavy (non-hydrogen) atoms. The molecule has 2 aromatic heterocycles. The molecule has 3 aromatic rings. The number of aromatic amines is 1. The second kappa shape index (κ2) is 6.90. The molecule has 0 aliphatic rings. The van der Waals surface area contributed by atoms with Crippen molar-refractivity contribution in [2.24, 2.45) is 0 Å². The van der Waals surface area contributed by atoms with E-state index in [1.54, 1.807) is 18.5 Å². The number of nitrogens with zero attached hydrogens (tertiary/aromatic N) is 2. The highest BCUT2D eigenvalue weighted by molar-refractivity contribution is 6.06. The lowest BCUT2D eigenvalue weighted by Gasteiger charge is -2.10. The van der Waals surface area contributed by atoms with Crippen molar-refractivity contribution in [3.05, 3.63) is 53.7 Å². The summed E-state index contributed by atoms with van der Waals surface area (Å²) < 4.78 is 19.2. The van der Waals surface area contributed by atoms with Crippen LogP contribution in [-0.2, 0) is 6.54 Å². The monoisotopic (exact) mass is 342 g/mol. The fourth-order valence-electron chi connectivity index (χ4n) is 2.67. The second-order valence-corrected chi connectivity index (χ2v) is 6.00. The van der Waals surface area contributed by atoms with Crippen molar-refractivity contribution in [1.82, 2.24) is 14.9 Å². The van der Waals surface area contributed by atoms with Gasteiger partial charge in [0.25, 0.3) is 5.91 Å². The molecule has 2 N–H and O–H groups in total. The third kappa shape index (κ3) is 3.61. The number of fused-ring (bicyclic) bond motifs is 1. The van der Waals surface area contributed by atoms with Gasteiger partial charge in [0.2, 0.25) is 0 Å². The number of nitrogens with one attached hydrogen (secondary N) is 2. The number of amides is 1. The van der Waals surface area contributed by atoms with Crippen LogP contribution in [0.25, 0.3) is 10.9 Å². The highest BCUT2D eigenvalue weighted by Crippen LogP contribution is 2.28. The zero-order valence-electron chi connectivity index (χ0n) is 14.3. The number of hydrogen-bond acceptors (Lipinski definition) is 4. The zero-order chi connectivity index (χ0) is 18.0. The number of H-pyrrole nitrogens is 1. The number of benzene rings is 1. The lowest BCUT2D eigenvalue weighted by atomic mass is 10.2. The number of ether oxygens (including phenoxy) is 1. The van der Waals surface area contributed by atoms with Crippen LogP contribution in [0.15, 0.2) is 36.7 Å². The van der Waals surface area contributed by atoms with Gasteiger partial charge in [0.1, 0.15) is 17.3 Å². The van der Waals surface area contributed by atoms with Gasteiger partial charge < -0.3 is 19.9 Å². The maximum atomic E-state index is 13.9. The average molecular weight is 342 g/mol. The van der Waals surface area contributed by atoms with Crippen LogP contribution < -0.4 is 10.1 Å². The van der Waals surface area contributed by atoms with E-state index < -0.39 is 5.82 Å². The van der Waals surface area contributed by atoms with Crippen molar-refractivity contribution >= 4 is 22.5 Å². The topological polar surface area (TPSA) is 70.2 Å². The third-order valence-electron chi connectivity index (χ3n) is 3.72. The standard InChI is InChI=1S/C18H19FN4O2/c1-23(2)10-11-6-12(9-20-8-11)21-18(24)15-7-13-16(25-3)5-4-14(19)17(13)22-15/h4-9,22H,10H2,1-3H3,(H,21,24). The molecular formula is C18H19FN4O2. The predicted molar refractivity (Wildman–Crippen MR) is 94.4 cm³/mol. The quantitative estimate of drug-likeness (QED) is 0.748. The van der Waals surface area contributed by atoms with Gasteiger partial charge in [0.15, 0.2) is 0 Å². The Balaban J connectivity index is 1.87. The van der Waals surface area contributed by atoms with Crippen molar-refractivity contribution in [3.63, 3.8) is 0 Å². The van der Waals surface area contributed by atoms with Crippen LogP contribution in [0, 0.1) is 5.82 Å². The second-order valence-electron chi connectivity index (χ2n) is 6.00.